The number of hydrogen-bond donors (Lipinski definition) is 0. The molecule has 1 aliphatic heterocycles. The van der Waals surface area contributed by atoms with Crippen LogP contribution in [0.25, 0.3) is 0 Å². The van der Waals surface area contributed by atoms with Crippen LogP contribution < -0.4 is 0 Å². The van der Waals surface area contributed by atoms with E-state index < -0.39 is 17.8 Å². The number of urea groups is 1. The maximum absolute atomic E-state index is 12.4. The lowest BCUT2D eigenvalue weighted by atomic mass is 10.2. The van der Waals surface area contributed by atoms with E-state index in [2.05, 4.69) is 10.1 Å². The predicted octanol–water partition coefficient (Wildman–Crippen LogP) is 1.43. The summed E-state index contributed by atoms with van der Waals surface area (Å²) >= 11 is 0. The molecule has 0 bridgehead atoms. The lowest BCUT2D eigenvalue weighted by Crippen LogP contribution is -2.39. The first-order chi connectivity index (χ1) is 10.5. The topological polar surface area (TPSA) is 96.6 Å². The molecule has 8 heteroatoms. The van der Waals surface area contributed by atoms with Gasteiger partial charge in [-0.2, -0.15) is 4.98 Å². The number of carbonyl (C=O) groups excluding carboxylic acids is 3. The Kier molecular flexibility index (Phi) is 3.67. The van der Waals surface area contributed by atoms with Gasteiger partial charge in [-0.05, 0) is 12.8 Å². The minimum absolute atomic E-state index is 0.0582. The molecular formula is C14H18N4O4. The van der Waals surface area contributed by atoms with E-state index in [4.69, 9.17) is 4.52 Å². The molecule has 0 atom stereocenters. The third-order valence-corrected chi connectivity index (χ3v) is 4.05. The van der Waals surface area contributed by atoms with Crippen molar-refractivity contribution in [3.05, 3.63) is 11.7 Å². The van der Waals surface area contributed by atoms with E-state index in [1.165, 1.54) is 0 Å². The molecule has 4 amide bonds. The maximum Gasteiger partial charge on any atom is 0.334 e. The molecule has 2 fully saturated rings. The number of imide groups is 2. The van der Waals surface area contributed by atoms with E-state index >= 15 is 0 Å². The van der Waals surface area contributed by atoms with Gasteiger partial charge in [-0.25, -0.2) is 9.69 Å². The lowest BCUT2D eigenvalue weighted by Gasteiger charge is -2.20. The molecule has 3 rings (SSSR count). The molecule has 1 aliphatic carbocycles. The Bertz CT molecular complexity index is 618. The number of nitrogens with zero attached hydrogens (tertiary/aromatic N) is 4. The molecule has 2 heterocycles. The van der Waals surface area contributed by atoms with Crippen molar-refractivity contribution in [2.45, 2.75) is 58.0 Å². The molecule has 1 aromatic heterocycles. The van der Waals surface area contributed by atoms with Gasteiger partial charge in [-0.3, -0.25) is 14.5 Å². The second-order valence-corrected chi connectivity index (χ2v) is 5.99. The molecule has 1 saturated carbocycles. The summed E-state index contributed by atoms with van der Waals surface area (Å²) in [4.78, 5) is 42.6. The third-order valence-electron chi connectivity index (χ3n) is 4.05. The molecule has 0 radical (unpaired) electrons. The Morgan fingerprint density at radius 2 is 1.86 bits per heavy atom. The summed E-state index contributed by atoms with van der Waals surface area (Å²) in [5.74, 6) is -0.834. The largest absolute Gasteiger partial charge is 0.339 e. The Morgan fingerprint density at radius 1 is 1.18 bits per heavy atom. The van der Waals surface area contributed by atoms with Crippen LogP contribution >= 0.6 is 0 Å². The fourth-order valence-electron chi connectivity index (χ4n) is 2.85. The SMILES string of the molecule is CC(C)c1nc(CN2C(=O)C(=O)N(C3CCCC3)C2=O)no1. The molecule has 1 aromatic rings. The number of carbonyl (C=O) groups is 3. The Morgan fingerprint density at radius 3 is 2.45 bits per heavy atom. The van der Waals surface area contributed by atoms with E-state index in [1.807, 2.05) is 13.8 Å². The Balaban J connectivity index is 1.77. The van der Waals surface area contributed by atoms with Gasteiger partial charge in [-0.1, -0.05) is 31.8 Å². The average Bonchev–Trinajstić information content (AvgIpc) is 3.18. The summed E-state index contributed by atoms with van der Waals surface area (Å²) in [5, 5.41) is 3.76. The Hall–Kier alpha value is -2.25. The van der Waals surface area contributed by atoms with Gasteiger partial charge in [0.05, 0.1) is 6.54 Å². The van der Waals surface area contributed by atoms with Crippen molar-refractivity contribution in [2.24, 2.45) is 0 Å². The van der Waals surface area contributed by atoms with Crippen LogP contribution in [0.15, 0.2) is 4.52 Å². The van der Waals surface area contributed by atoms with Crippen molar-refractivity contribution in [2.75, 3.05) is 0 Å². The zero-order chi connectivity index (χ0) is 15.9. The van der Waals surface area contributed by atoms with Gasteiger partial charge in [0.25, 0.3) is 0 Å². The number of aromatic nitrogens is 2. The molecule has 1 saturated heterocycles. The van der Waals surface area contributed by atoms with E-state index in [0.29, 0.717) is 5.89 Å². The van der Waals surface area contributed by atoms with Gasteiger partial charge in [0.15, 0.2) is 5.82 Å². The number of amides is 4. The molecule has 2 aliphatic rings. The second-order valence-electron chi connectivity index (χ2n) is 5.99. The van der Waals surface area contributed by atoms with Crippen LogP contribution in [-0.4, -0.2) is 43.8 Å². The summed E-state index contributed by atoms with van der Waals surface area (Å²) in [6.45, 7) is 3.66. The van der Waals surface area contributed by atoms with Crippen molar-refractivity contribution in [1.29, 1.82) is 0 Å². The van der Waals surface area contributed by atoms with Crippen LogP contribution in [0.5, 0.6) is 0 Å². The van der Waals surface area contributed by atoms with Crippen LogP contribution in [0.4, 0.5) is 4.79 Å². The van der Waals surface area contributed by atoms with Gasteiger partial charge < -0.3 is 4.52 Å². The normalized spacial score (nSPS) is 20.0. The van der Waals surface area contributed by atoms with E-state index in [0.717, 1.165) is 35.5 Å². The lowest BCUT2D eigenvalue weighted by molar-refractivity contribution is -0.144. The van der Waals surface area contributed by atoms with Crippen molar-refractivity contribution < 1.29 is 18.9 Å². The summed E-state index contributed by atoms with van der Waals surface area (Å²) in [6, 6.07) is -0.733. The van der Waals surface area contributed by atoms with Crippen molar-refractivity contribution in [3.63, 3.8) is 0 Å². The zero-order valence-corrected chi connectivity index (χ0v) is 12.6. The molecular weight excluding hydrogens is 288 g/mol. The minimum atomic E-state index is -0.812. The fraction of sp³-hybridized carbons (Fsp3) is 0.643. The first-order valence-electron chi connectivity index (χ1n) is 7.50. The molecule has 22 heavy (non-hydrogen) atoms. The summed E-state index contributed by atoms with van der Waals surface area (Å²) < 4.78 is 5.05. The van der Waals surface area contributed by atoms with Crippen LogP contribution in [0.2, 0.25) is 0 Å². The minimum Gasteiger partial charge on any atom is -0.339 e. The molecule has 118 valence electrons. The van der Waals surface area contributed by atoms with E-state index in [1.54, 1.807) is 0 Å². The van der Waals surface area contributed by atoms with Gasteiger partial charge in [-0.15, -0.1) is 0 Å². The molecule has 0 unspecified atom stereocenters. The summed E-state index contributed by atoms with van der Waals surface area (Å²) in [5.41, 5.74) is 0. The van der Waals surface area contributed by atoms with E-state index in [9.17, 15) is 14.4 Å². The second kappa shape index (κ2) is 5.51. The van der Waals surface area contributed by atoms with Gasteiger partial charge in [0.2, 0.25) is 5.89 Å². The summed E-state index contributed by atoms with van der Waals surface area (Å²) in [6.07, 6.45) is 3.47. The molecule has 8 nitrogen and oxygen atoms in total. The molecule has 0 spiro atoms. The van der Waals surface area contributed by atoms with Crippen LogP contribution in [0.3, 0.4) is 0 Å². The zero-order valence-electron chi connectivity index (χ0n) is 12.6. The quantitative estimate of drug-likeness (QED) is 0.616. The Labute approximate surface area is 127 Å². The van der Waals surface area contributed by atoms with Crippen LogP contribution in [-0.2, 0) is 16.1 Å². The van der Waals surface area contributed by atoms with Gasteiger partial charge >= 0.3 is 17.8 Å². The third kappa shape index (κ3) is 2.38. The highest BCUT2D eigenvalue weighted by Crippen LogP contribution is 2.28. The van der Waals surface area contributed by atoms with E-state index in [-0.39, 0.29) is 24.3 Å². The molecule has 0 N–H and O–H groups in total. The van der Waals surface area contributed by atoms with Crippen molar-refractivity contribution >= 4 is 17.8 Å². The van der Waals surface area contributed by atoms with Crippen molar-refractivity contribution in [1.82, 2.24) is 19.9 Å². The number of hydrogen-bond acceptors (Lipinski definition) is 6. The van der Waals surface area contributed by atoms with Crippen LogP contribution in [0.1, 0.15) is 57.2 Å². The monoisotopic (exact) mass is 306 g/mol. The fourth-order valence-corrected chi connectivity index (χ4v) is 2.85. The first kappa shape index (κ1) is 14.7. The van der Waals surface area contributed by atoms with Gasteiger partial charge in [0.1, 0.15) is 0 Å². The number of rotatable bonds is 4. The average molecular weight is 306 g/mol. The smallest absolute Gasteiger partial charge is 0.334 e. The van der Waals surface area contributed by atoms with Crippen LogP contribution in [0, 0.1) is 0 Å². The highest BCUT2D eigenvalue weighted by atomic mass is 16.5. The highest BCUT2D eigenvalue weighted by molar-refractivity contribution is 6.44. The first-order valence-corrected chi connectivity index (χ1v) is 7.50. The van der Waals surface area contributed by atoms with Crippen molar-refractivity contribution in [3.8, 4) is 0 Å². The molecule has 0 aromatic carbocycles. The van der Waals surface area contributed by atoms with Gasteiger partial charge in [0, 0.05) is 12.0 Å². The summed E-state index contributed by atoms with van der Waals surface area (Å²) in [7, 11) is 0. The highest BCUT2D eigenvalue weighted by Gasteiger charge is 2.48. The standard InChI is InChI=1S/C14H18N4O4/c1-8(2)11-15-10(16-22-11)7-17-12(19)13(20)18(14(17)21)9-5-3-4-6-9/h8-9H,3-7H2,1-2H3. The maximum atomic E-state index is 12.4. The predicted molar refractivity (Wildman–Crippen MR) is 73.4 cm³/mol.